The van der Waals surface area contributed by atoms with E-state index in [0.29, 0.717) is 67.8 Å². The molecule has 0 radical (unpaired) electrons. The molecular formula is C113H116N20O10. The lowest BCUT2D eigenvalue weighted by molar-refractivity contribution is 0.648. The number of benzene rings is 10. The highest BCUT2D eigenvalue weighted by molar-refractivity contribution is 5.85. The average Bonchev–Trinajstić information content (AvgIpc) is 0.768. The Hall–Kier alpha value is -16.4. The van der Waals surface area contributed by atoms with Gasteiger partial charge in [0.2, 0.25) is 0 Å². The summed E-state index contributed by atoms with van der Waals surface area (Å²) in [7, 11) is 0. The van der Waals surface area contributed by atoms with Crippen molar-refractivity contribution in [2.75, 3.05) is 0 Å². The monoisotopic (exact) mass is 1910 g/mol. The molecule has 20 rings (SSSR count). The van der Waals surface area contributed by atoms with Crippen molar-refractivity contribution in [2.24, 2.45) is 0 Å². The second-order valence-electron chi connectivity index (χ2n) is 37.1. The Bertz CT molecular complexity index is 8310. The minimum atomic E-state index is -0.645. The van der Waals surface area contributed by atoms with Crippen LogP contribution in [-0.4, -0.2) is 97.6 Å². The molecule has 0 bridgehead atoms. The maximum Gasteiger partial charge on any atom is 0.349 e. The molecule has 30 nitrogen and oxygen atoms in total. The van der Waals surface area contributed by atoms with Crippen molar-refractivity contribution in [1.82, 2.24) is 97.6 Å². The zero-order valence-corrected chi connectivity index (χ0v) is 82.6. The highest BCUT2D eigenvalue weighted by Gasteiger charge is 2.26. The fourth-order valence-corrected chi connectivity index (χ4v) is 18.1. The number of hydrogen-bond acceptors (Lipinski definition) is 20. The molecule has 30 heteroatoms. The molecule has 728 valence electrons. The van der Waals surface area contributed by atoms with E-state index in [2.05, 4.69) is 297 Å². The van der Waals surface area contributed by atoms with Crippen LogP contribution >= 0.6 is 0 Å². The highest BCUT2D eigenvalue weighted by Crippen LogP contribution is 2.32. The van der Waals surface area contributed by atoms with Crippen LogP contribution in [0.4, 0.5) is 0 Å². The van der Waals surface area contributed by atoms with E-state index in [0.717, 1.165) is 163 Å². The van der Waals surface area contributed by atoms with Crippen LogP contribution in [0.15, 0.2) is 254 Å². The molecule has 0 saturated heterocycles. The standard InChI is InChI=1S/4C23H24N4O2.C21H20N4O2/c1-14(2)17-10-11-19-18(13-17)24-20-21(25-23(29)26-22(20)28)27(19)12-4-5-16-8-6-15(3)7-9-16;1-4-17-13-18-19(12-15(17)3)27(11-5-6-16-9-7-14(2)8-10-16)21-20(24-18)22(28)26-23(29)25-21;2*1-3-5-17-11-12-19-18(14-17)24-20-21(25-23(29)26-22(20)28)27(19)13-4-6-16-9-7-15(2)8-10-16;1-13-5-8-15(9-6-13)4-3-11-25-17-12-14(2)7-10-16(17)22-18-19(25)23-21(27)24-20(18)26/h6-11,13-14H,4-5,12H2,1-3H3,(H,26,28,29);7-10,12-13H,4-6,11H2,1-3H3,(H,26,28,29);2*7-12,14H,3-6,13H2,1-2H3,(H,26,28,29);5-10,12H,3-4,11H2,1-2H3,(H,24,26,27). The number of aromatic amines is 5. The van der Waals surface area contributed by atoms with Crippen LogP contribution in [0, 0.1) is 48.5 Å². The second kappa shape index (κ2) is 44.8. The molecule has 10 aliphatic heterocycles. The van der Waals surface area contributed by atoms with Crippen molar-refractivity contribution in [3.05, 3.63) is 399 Å². The Labute approximate surface area is 823 Å². The third kappa shape index (κ3) is 23.9. The van der Waals surface area contributed by atoms with Crippen molar-refractivity contribution < 1.29 is 0 Å². The van der Waals surface area contributed by atoms with E-state index in [9.17, 15) is 47.9 Å². The van der Waals surface area contributed by atoms with Crippen LogP contribution in [0.5, 0.6) is 0 Å². The highest BCUT2D eigenvalue weighted by atomic mass is 16.2. The summed E-state index contributed by atoms with van der Waals surface area (Å²) in [5, 5.41) is 0. The van der Waals surface area contributed by atoms with E-state index in [-0.39, 0.29) is 28.5 Å². The van der Waals surface area contributed by atoms with Crippen LogP contribution in [0.1, 0.15) is 174 Å². The molecule has 143 heavy (non-hydrogen) atoms. The summed E-state index contributed by atoms with van der Waals surface area (Å²) in [6.45, 7) is 28.3. The molecule has 10 heterocycles. The molecule has 0 fully saturated rings. The molecule has 10 aromatic carbocycles. The van der Waals surface area contributed by atoms with Gasteiger partial charge < -0.3 is 22.8 Å². The molecule has 0 unspecified atom stereocenters. The normalized spacial score (nSPS) is 11.4. The van der Waals surface area contributed by atoms with Gasteiger partial charge in [-0.2, -0.15) is 24.9 Å². The average molecular weight is 1910 g/mol. The van der Waals surface area contributed by atoms with Crippen LogP contribution in [0.25, 0.3) is 113 Å². The van der Waals surface area contributed by atoms with Gasteiger partial charge in [0.15, 0.2) is 57.6 Å². The SMILES string of the molecule is CCCc1ccc2c(c1)nc1c(=O)[nH]c(=O)nc-1n2CCCc1ccc(C)cc1.CCCc1ccc2c(c1)nc1c(=O)[nH]c(=O)nc-1n2CCCc1ccc(C)cc1.CCc1cc2nc3c(=O)[nH]c(=O)nc-3n(CCCc3ccc(C)cc3)c2cc1C.Cc1ccc(CCCn2c3nc(=O)[nH]c(=O)c-3nc3cc(C(C)C)ccc32)cc1.Cc1ccc(CCCn2c3nc(=O)[nH]c(=O)c-3nc3ccc(C)cc32)cc1. The van der Waals surface area contributed by atoms with Crippen LogP contribution in [-0.2, 0) is 84.1 Å². The van der Waals surface area contributed by atoms with E-state index >= 15 is 0 Å². The number of hydrogen-bond donors (Lipinski definition) is 5. The second-order valence-corrected chi connectivity index (χ2v) is 37.1. The van der Waals surface area contributed by atoms with Gasteiger partial charge in [-0.1, -0.05) is 221 Å². The van der Waals surface area contributed by atoms with E-state index in [1.165, 1.54) is 77.9 Å². The van der Waals surface area contributed by atoms with Crippen molar-refractivity contribution in [3.8, 4) is 57.6 Å². The van der Waals surface area contributed by atoms with Gasteiger partial charge in [0.1, 0.15) is 0 Å². The van der Waals surface area contributed by atoms with Gasteiger partial charge in [0.05, 0.1) is 55.2 Å². The first kappa shape index (κ1) is 99.6. The largest absolute Gasteiger partial charge is 0.349 e. The number of rotatable bonds is 26. The lowest BCUT2D eigenvalue weighted by atomic mass is 10.0. The van der Waals surface area contributed by atoms with Crippen molar-refractivity contribution in [1.29, 1.82) is 0 Å². The minimum absolute atomic E-state index is 0.196. The molecule has 5 N–H and O–H groups in total. The van der Waals surface area contributed by atoms with E-state index in [4.69, 9.17) is 0 Å². The Kier molecular flexibility index (Phi) is 31.2. The summed E-state index contributed by atoms with van der Waals surface area (Å²) in [5.74, 6) is 2.07. The van der Waals surface area contributed by atoms with Gasteiger partial charge in [-0.3, -0.25) is 48.9 Å². The fourth-order valence-electron chi connectivity index (χ4n) is 18.1. The van der Waals surface area contributed by atoms with Crippen molar-refractivity contribution in [2.45, 2.75) is 218 Å². The predicted molar refractivity (Wildman–Crippen MR) is 564 cm³/mol. The number of aryl methyl sites for hydroxylation is 20. The fraction of sp³-hybridized carbons (Fsp3) is 0.292. The molecule has 0 aromatic heterocycles. The Morgan fingerprint density at radius 2 is 0.497 bits per heavy atom. The molecule has 0 amide bonds. The van der Waals surface area contributed by atoms with Gasteiger partial charge in [0, 0.05) is 32.7 Å². The zero-order valence-electron chi connectivity index (χ0n) is 82.6. The molecule has 0 spiro atoms. The van der Waals surface area contributed by atoms with E-state index in [1.807, 2.05) is 90.4 Å². The summed E-state index contributed by atoms with van der Waals surface area (Å²) < 4.78 is 9.77. The number of nitrogens with zero attached hydrogens (tertiary/aromatic N) is 15. The van der Waals surface area contributed by atoms with Crippen molar-refractivity contribution in [3.63, 3.8) is 0 Å². The van der Waals surface area contributed by atoms with Gasteiger partial charge >= 0.3 is 28.4 Å². The lowest BCUT2D eigenvalue weighted by Crippen LogP contribution is -2.29. The first-order valence-electron chi connectivity index (χ1n) is 48.9. The van der Waals surface area contributed by atoms with E-state index in [1.54, 1.807) is 0 Å². The molecular weight excluding hydrogens is 1800 g/mol. The maximum atomic E-state index is 12.4. The first-order chi connectivity index (χ1) is 69.0. The summed E-state index contributed by atoms with van der Waals surface area (Å²) in [6.07, 6.45) is 13.7. The van der Waals surface area contributed by atoms with Crippen LogP contribution in [0.3, 0.4) is 0 Å². The minimum Gasteiger partial charge on any atom is -0.322 e. The van der Waals surface area contributed by atoms with Crippen LogP contribution in [0.2, 0.25) is 0 Å². The number of H-pyrrole nitrogens is 5. The summed E-state index contributed by atoms with van der Waals surface area (Å²) >= 11 is 0. The smallest absolute Gasteiger partial charge is 0.322 e. The topological polar surface area (TPSA) is 403 Å². The molecule has 10 aromatic rings. The van der Waals surface area contributed by atoms with Gasteiger partial charge in [0.25, 0.3) is 27.8 Å². The van der Waals surface area contributed by atoms with Crippen molar-refractivity contribution >= 4 is 55.2 Å². The van der Waals surface area contributed by atoms with Gasteiger partial charge in [-0.05, 0) is 260 Å². The van der Waals surface area contributed by atoms with Gasteiger partial charge in [-0.15, -0.1) is 0 Å². The Balaban J connectivity index is 0.000000128. The number of aromatic nitrogens is 20. The van der Waals surface area contributed by atoms with Crippen LogP contribution < -0.4 is 56.2 Å². The third-order valence-corrected chi connectivity index (χ3v) is 25.8. The molecule has 0 aliphatic carbocycles. The Morgan fingerprint density at radius 3 is 0.783 bits per heavy atom. The Morgan fingerprint density at radius 1 is 0.245 bits per heavy atom. The number of fused-ring (bicyclic) bond motifs is 10. The lowest BCUT2D eigenvalue weighted by Gasteiger charge is -2.18. The molecule has 0 atom stereocenters. The maximum absolute atomic E-state index is 12.4. The van der Waals surface area contributed by atoms with E-state index < -0.39 is 56.2 Å². The number of nitrogens with one attached hydrogen (secondary N) is 5. The molecule has 0 saturated carbocycles. The summed E-state index contributed by atoms with van der Waals surface area (Å²) in [4.78, 5) is 175. The quantitative estimate of drug-likeness (QED) is 0.0314. The summed E-state index contributed by atoms with van der Waals surface area (Å²) in [5.41, 5.74) is 23.0. The first-order valence-corrected chi connectivity index (χ1v) is 48.9. The summed E-state index contributed by atoms with van der Waals surface area (Å²) in [6, 6.07) is 70.8. The third-order valence-electron chi connectivity index (χ3n) is 25.8. The zero-order chi connectivity index (χ0) is 101. The van der Waals surface area contributed by atoms with Gasteiger partial charge in [-0.25, -0.2) is 48.9 Å². The predicted octanol–water partition coefficient (Wildman–Crippen LogP) is 16.8. The molecule has 10 aliphatic rings.